The van der Waals surface area contributed by atoms with E-state index in [0.717, 1.165) is 0 Å². The third-order valence-electron chi connectivity index (χ3n) is 1.19. The van der Waals surface area contributed by atoms with E-state index in [9.17, 15) is 13.6 Å². The molecular formula is C6H5F2NO3. The number of aromatic nitrogens is 1. The summed E-state index contributed by atoms with van der Waals surface area (Å²) in [5.74, 6) is -2.79. The number of carboxylic acid groups (broad SMARTS) is 1. The van der Waals surface area contributed by atoms with Gasteiger partial charge in [0.15, 0.2) is 0 Å². The van der Waals surface area contributed by atoms with Gasteiger partial charge in [-0.25, -0.2) is 9.78 Å². The molecule has 0 amide bonds. The minimum atomic E-state index is -2.88. The van der Waals surface area contributed by atoms with E-state index in [2.05, 4.69) is 9.40 Å². The van der Waals surface area contributed by atoms with Gasteiger partial charge in [0.2, 0.25) is 5.76 Å². The molecule has 0 aromatic carbocycles. The van der Waals surface area contributed by atoms with E-state index in [0.29, 0.717) is 0 Å². The van der Waals surface area contributed by atoms with Crippen LogP contribution in [0.4, 0.5) is 8.78 Å². The van der Waals surface area contributed by atoms with Crippen molar-refractivity contribution in [3.63, 3.8) is 0 Å². The SMILES string of the molecule is Cc1nc(C(F)F)oc1C(=O)O. The largest absolute Gasteiger partial charge is 0.475 e. The number of oxazole rings is 1. The smallest absolute Gasteiger partial charge is 0.373 e. The lowest BCUT2D eigenvalue weighted by atomic mass is 10.4. The molecule has 0 atom stereocenters. The van der Waals surface area contributed by atoms with E-state index in [1.165, 1.54) is 6.92 Å². The van der Waals surface area contributed by atoms with Crippen molar-refractivity contribution in [3.05, 3.63) is 17.3 Å². The van der Waals surface area contributed by atoms with Gasteiger partial charge in [0.25, 0.3) is 5.89 Å². The number of hydrogen-bond donors (Lipinski definition) is 1. The van der Waals surface area contributed by atoms with Gasteiger partial charge >= 0.3 is 12.4 Å². The highest BCUT2D eigenvalue weighted by molar-refractivity contribution is 5.85. The Labute approximate surface area is 65.8 Å². The van der Waals surface area contributed by atoms with Crippen LogP contribution < -0.4 is 0 Å². The van der Waals surface area contributed by atoms with Crippen molar-refractivity contribution in [3.8, 4) is 0 Å². The van der Waals surface area contributed by atoms with Gasteiger partial charge < -0.3 is 9.52 Å². The minimum absolute atomic E-state index is 0.0437. The van der Waals surface area contributed by atoms with Crippen LogP contribution >= 0.6 is 0 Å². The quantitative estimate of drug-likeness (QED) is 0.745. The summed E-state index contributed by atoms with van der Waals surface area (Å²) in [5.41, 5.74) is -0.0437. The van der Waals surface area contributed by atoms with Crippen LogP contribution in [0.2, 0.25) is 0 Å². The Morgan fingerprint density at radius 1 is 1.67 bits per heavy atom. The van der Waals surface area contributed by atoms with Crippen molar-refractivity contribution < 1.29 is 23.1 Å². The summed E-state index contributed by atoms with van der Waals surface area (Å²) in [5, 5.41) is 8.38. The van der Waals surface area contributed by atoms with Crippen molar-refractivity contribution >= 4 is 5.97 Å². The lowest BCUT2D eigenvalue weighted by Crippen LogP contribution is -1.95. The van der Waals surface area contributed by atoms with Gasteiger partial charge in [0.1, 0.15) is 0 Å². The molecule has 0 saturated carbocycles. The summed E-state index contributed by atoms with van der Waals surface area (Å²) in [7, 11) is 0. The number of carboxylic acids is 1. The first kappa shape index (κ1) is 8.63. The van der Waals surface area contributed by atoms with Crippen molar-refractivity contribution in [2.75, 3.05) is 0 Å². The first-order valence-electron chi connectivity index (χ1n) is 3.01. The van der Waals surface area contributed by atoms with E-state index >= 15 is 0 Å². The molecule has 0 saturated heterocycles. The van der Waals surface area contributed by atoms with Gasteiger partial charge in [-0.2, -0.15) is 8.78 Å². The second kappa shape index (κ2) is 2.88. The number of hydrogen-bond acceptors (Lipinski definition) is 3. The van der Waals surface area contributed by atoms with E-state index in [4.69, 9.17) is 5.11 Å². The van der Waals surface area contributed by atoms with Gasteiger partial charge in [-0.05, 0) is 6.92 Å². The molecule has 0 fully saturated rings. The maximum atomic E-state index is 11.9. The second-order valence-electron chi connectivity index (χ2n) is 2.07. The Hall–Kier alpha value is -1.46. The number of alkyl halides is 2. The normalized spacial score (nSPS) is 10.7. The molecule has 4 nitrogen and oxygen atoms in total. The van der Waals surface area contributed by atoms with Crippen LogP contribution in [-0.2, 0) is 0 Å². The fourth-order valence-corrected chi connectivity index (χ4v) is 0.709. The molecule has 0 aliphatic carbocycles. The average molecular weight is 177 g/mol. The summed E-state index contributed by atoms with van der Waals surface area (Å²) < 4.78 is 28.0. The van der Waals surface area contributed by atoms with Crippen LogP contribution in [-0.4, -0.2) is 16.1 Å². The number of rotatable bonds is 2. The Morgan fingerprint density at radius 3 is 2.50 bits per heavy atom. The van der Waals surface area contributed by atoms with Crippen LogP contribution in [0.15, 0.2) is 4.42 Å². The molecule has 1 N–H and O–H groups in total. The molecule has 0 bridgehead atoms. The Bertz CT molecular complexity index is 308. The van der Waals surface area contributed by atoms with Crippen molar-refractivity contribution in [1.82, 2.24) is 4.98 Å². The fourth-order valence-electron chi connectivity index (χ4n) is 0.709. The molecule has 1 aromatic rings. The third-order valence-corrected chi connectivity index (χ3v) is 1.19. The van der Waals surface area contributed by atoms with Gasteiger partial charge in [-0.15, -0.1) is 0 Å². The molecule has 0 aliphatic rings. The molecule has 1 aromatic heterocycles. The van der Waals surface area contributed by atoms with Crippen LogP contribution in [0.3, 0.4) is 0 Å². The number of aromatic carboxylic acids is 1. The van der Waals surface area contributed by atoms with Crippen molar-refractivity contribution in [2.24, 2.45) is 0 Å². The molecule has 0 spiro atoms. The van der Waals surface area contributed by atoms with Gasteiger partial charge in [-0.3, -0.25) is 0 Å². The molecule has 66 valence electrons. The number of halogens is 2. The molecule has 1 heterocycles. The average Bonchev–Trinajstić information content (AvgIpc) is 2.30. The Morgan fingerprint density at radius 2 is 2.25 bits per heavy atom. The van der Waals surface area contributed by atoms with E-state index in [1.807, 2.05) is 0 Å². The first-order chi connectivity index (χ1) is 5.52. The van der Waals surface area contributed by atoms with Crippen molar-refractivity contribution in [1.29, 1.82) is 0 Å². The highest BCUT2D eigenvalue weighted by atomic mass is 19.3. The zero-order valence-electron chi connectivity index (χ0n) is 6.04. The second-order valence-corrected chi connectivity index (χ2v) is 2.07. The maximum absolute atomic E-state index is 11.9. The Balaban J connectivity index is 3.09. The zero-order chi connectivity index (χ0) is 9.30. The molecule has 1 rings (SSSR count). The zero-order valence-corrected chi connectivity index (χ0v) is 6.04. The lowest BCUT2D eigenvalue weighted by molar-refractivity contribution is 0.0641. The van der Waals surface area contributed by atoms with Crippen molar-refractivity contribution in [2.45, 2.75) is 13.3 Å². The molecule has 0 unspecified atom stereocenters. The van der Waals surface area contributed by atoms with Crippen LogP contribution in [0.5, 0.6) is 0 Å². The third kappa shape index (κ3) is 1.41. The van der Waals surface area contributed by atoms with Gasteiger partial charge in [0, 0.05) is 0 Å². The van der Waals surface area contributed by atoms with Gasteiger partial charge in [-0.1, -0.05) is 0 Å². The predicted octanol–water partition coefficient (Wildman–Crippen LogP) is 1.62. The highest BCUT2D eigenvalue weighted by Crippen LogP contribution is 2.20. The standard InChI is InChI=1S/C6H5F2NO3/c1-2-3(6(10)11)12-5(9-2)4(7)8/h4H,1H3,(H,10,11). The summed E-state index contributed by atoms with van der Waals surface area (Å²) in [6.07, 6.45) is -2.88. The first-order valence-corrected chi connectivity index (χ1v) is 3.01. The van der Waals surface area contributed by atoms with Crippen LogP contribution in [0.25, 0.3) is 0 Å². The molecule has 6 heteroatoms. The molecule has 0 aliphatic heterocycles. The van der Waals surface area contributed by atoms with E-state index in [1.54, 1.807) is 0 Å². The summed E-state index contributed by atoms with van der Waals surface area (Å²) in [6, 6.07) is 0. The highest BCUT2D eigenvalue weighted by Gasteiger charge is 2.21. The van der Waals surface area contributed by atoms with Crippen LogP contribution in [0.1, 0.15) is 28.6 Å². The summed E-state index contributed by atoms with van der Waals surface area (Å²) >= 11 is 0. The summed E-state index contributed by atoms with van der Waals surface area (Å²) in [4.78, 5) is 13.5. The topological polar surface area (TPSA) is 63.3 Å². The van der Waals surface area contributed by atoms with Crippen LogP contribution in [0, 0.1) is 6.92 Å². The molecular weight excluding hydrogens is 172 g/mol. The number of nitrogens with zero attached hydrogens (tertiary/aromatic N) is 1. The van der Waals surface area contributed by atoms with Gasteiger partial charge in [0.05, 0.1) is 5.69 Å². The lowest BCUT2D eigenvalue weighted by Gasteiger charge is -1.87. The maximum Gasteiger partial charge on any atom is 0.373 e. The number of aryl methyl sites for hydroxylation is 1. The Kier molecular flexibility index (Phi) is 2.07. The monoisotopic (exact) mass is 177 g/mol. The fraction of sp³-hybridized carbons (Fsp3) is 0.333. The molecule has 0 radical (unpaired) electrons. The van der Waals surface area contributed by atoms with E-state index in [-0.39, 0.29) is 5.69 Å². The molecule has 12 heavy (non-hydrogen) atoms. The predicted molar refractivity (Wildman–Crippen MR) is 33.2 cm³/mol. The van der Waals surface area contributed by atoms with E-state index < -0.39 is 24.0 Å². The minimum Gasteiger partial charge on any atom is -0.475 e. The summed E-state index contributed by atoms with van der Waals surface area (Å²) in [6.45, 7) is 1.29. The number of carbonyl (C=O) groups is 1.